The molecule has 4 heteroatoms. The summed E-state index contributed by atoms with van der Waals surface area (Å²) < 4.78 is 0. The van der Waals surface area contributed by atoms with Gasteiger partial charge in [0, 0.05) is 0 Å². The van der Waals surface area contributed by atoms with Crippen LogP contribution in [-0.4, -0.2) is 30.3 Å². The molecule has 2 unspecified atom stereocenters. The molecule has 0 aliphatic rings. The van der Waals surface area contributed by atoms with Crippen LogP contribution in [0.1, 0.15) is 20.3 Å². The molecule has 0 bridgehead atoms. The molecule has 0 aromatic heterocycles. The van der Waals surface area contributed by atoms with Crippen LogP contribution in [0.4, 0.5) is 0 Å². The van der Waals surface area contributed by atoms with Crippen LogP contribution >= 0.6 is 0 Å². The summed E-state index contributed by atoms with van der Waals surface area (Å²) in [6.07, 6.45) is -0.0559. The van der Waals surface area contributed by atoms with Crippen LogP contribution in [0.15, 0.2) is 0 Å². The van der Waals surface area contributed by atoms with E-state index in [1.54, 1.807) is 7.05 Å². The first-order valence-corrected chi connectivity index (χ1v) is 3.77. The lowest BCUT2D eigenvalue weighted by Gasteiger charge is -2.14. The molecule has 0 radical (unpaired) electrons. The summed E-state index contributed by atoms with van der Waals surface area (Å²) in [6, 6.07) is -0.204. The molecule has 0 aromatic carbocycles. The summed E-state index contributed by atoms with van der Waals surface area (Å²) in [7, 11) is 1.72. The zero-order valence-corrected chi connectivity index (χ0v) is 7.22. The molecule has 0 aliphatic heterocycles. The SMILES string of the molecule is CCC(NC)C(=O)NC(C)O. The van der Waals surface area contributed by atoms with E-state index < -0.39 is 6.23 Å². The molecule has 66 valence electrons. The fourth-order valence-corrected chi connectivity index (χ4v) is 0.827. The first-order valence-electron chi connectivity index (χ1n) is 3.77. The van der Waals surface area contributed by atoms with Crippen LogP contribution in [0.25, 0.3) is 0 Å². The van der Waals surface area contributed by atoms with Crippen LogP contribution in [-0.2, 0) is 4.79 Å². The van der Waals surface area contributed by atoms with Gasteiger partial charge in [-0.25, -0.2) is 0 Å². The minimum atomic E-state index is -0.773. The van der Waals surface area contributed by atoms with Gasteiger partial charge >= 0.3 is 0 Å². The van der Waals surface area contributed by atoms with Crippen molar-refractivity contribution in [3.63, 3.8) is 0 Å². The minimum absolute atomic E-state index is 0.162. The molecule has 0 aromatic rings. The van der Waals surface area contributed by atoms with Gasteiger partial charge in [-0.1, -0.05) is 6.92 Å². The van der Waals surface area contributed by atoms with Gasteiger partial charge in [-0.2, -0.15) is 0 Å². The number of carbonyl (C=O) groups excluding carboxylic acids is 1. The van der Waals surface area contributed by atoms with E-state index >= 15 is 0 Å². The third-order valence-electron chi connectivity index (χ3n) is 1.42. The van der Waals surface area contributed by atoms with Gasteiger partial charge in [-0.15, -0.1) is 0 Å². The second-order valence-corrected chi connectivity index (χ2v) is 2.43. The van der Waals surface area contributed by atoms with Crippen molar-refractivity contribution in [3.8, 4) is 0 Å². The van der Waals surface area contributed by atoms with E-state index in [0.717, 1.165) is 6.42 Å². The smallest absolute Gasteiger partial charge is 0.239 e. The zero-order valence-electron chi connectivity index (χ0n) is 7.22. The first-order chi connectivity index (χ1) is 5.11. The summed E-state index contributed by atoms with van der Waals surface area (Å²) in [5.41, 5.74) is 0. The molecule has 0 spiro atoms. The number of rotatable bonds is 4. The minimum Gasteiger partial charge on any atom is -0.374 e. The highest BCUT2D eigenvalue weighted by Gasteiger charge is 2.14. The van der Waals surface area contributed by atoms with Gasteiger partial charge in [-0.05, 0) is 20.4 Å². The van der Waals surface area contributed by atoms with Crippen molar-refractivity contribution in [1.82, 2.24) is 10.6 Å². The molecular weight excluding hydrogens is 144 g/mol. The Kier molecular flexibility index (Phi) is 4.81. The maximum atomic E-state index is 11.1. The van der Waals surface area contributed by atoms with Crippen molar-refractivity contribution in [3.05, 3.63) is 0 Å². The highest BCUT2D eigenvalue weighted by molar-refractivity contribution is 5.81. The molecule has 11 heavy (non-hydrogen) atoms. The number of amides is 1. The standard InChI is InChI=1S/C7H16N2O2/c1-4-6(8-3)7(11)9-5(2)10/h5-6,8,10H,4H2,1-3H3,(H,9,11). The van der Waals surface area contributed by atoms with Crippen molar-refractivity contribution in [2.45, 2.75) is 32.5 Å². The lowest BCUT2D eigenvalue weighted by Crippen LogP contribution is -2.45. The van der Waals surface area contributed by atoms with Crippen molar-refractivity contribution in [2.75, 3.05) is 7.05 Å². The lowest BCUT2D eigenvalue weighted by atomic mass is 10.2. The maximum absolute atomic E-state index is 11.1. The summed E-state index contributed by atoms with van der Waals surface area (Å²) in [5.74, 6) is -0.162. The second-order valence-electron chi connectivity index (χ2n) is 2.43. The molecular formula is C7H16N2O2. The zero-order chi connectivity index (χ0) is 8.85. The van der Waals surface area contributed by atoms with Crippen LogP contribution < -0.4 is 10.6 Å². The van der Waals surface area contributed by atoms with E-state index in [2.05, 4.69) is 10.6 Å². The first kappa shape index (κ1) is 10.4. The lowest BCUT2D eigenvalue weighted by molar-refractivity contribution is -0.125. The van der Waals surface area contributed by atoms with Crippen LogP contribution in [0, 0.1) is 0 Å². The molecule has 0 saturated heterocycles. The van der Waals surface area contributed by atoms with Crippen molar-refractivity contribution >= 4 is 5.91 Å². The number of aliphatic hydroxyl groups is 1. The van der Waals surface area contributed by atoms with Crippen LogP contribution in [0.5, 0.6) is 0 Å². The van der Waals surface area contributed by atoms with Crippen molar-refractivity contribution in [2.24, 2.45) is 0 Å². The van der Waals surface area contributed by atoms with Gasteiger partial charge in [0.2, 0.25) is 5.91 Å². The summed E-state index contributed by atoms with van der Waals surface area (Å²) >= 11 is 0. The van der Waals surface area contributed by atoms with Gasteiger partial charge in [0.25, 0.3) is 0 Å². The van der Waals surface area contributed by atoms with Gasteiger partial charge in [0.05, 0.1) is 6.04 Å². The maximum Gasteiger partial charge on any atom is 0.239 e. The average molecular weight is 160 g/mol. The van der Waals surface area contributed by atoms with E-state index in [4.69, 9.17) is 5.11 Å². The molecule has 3 N–H and O–H groups in total. The molecule has 0 saturated carbocycles. The van der Waals surface area contributed by atoms with Gasteiger partial charge in [0.1, 0.15) is 6.23 Å². The monoisotopic (exact) mass is 160 g/mol. The van der Waals surface area contributed by atoms with Gasteiger partial charge in [-0.3, -0.25) is 4.79 Å². The number of hydrogen-bond donors (Lipinski definition) is 3. The Balaban J connectivity index is 3.79. The molecule has 4 nitrogen and oxygen atoms in total. The van der Waals surface area contributed by atoms with Crippen LogP contribution in [0.2, 0.25) is 0 Å². The number of carbonyl (C=O) groups is 1. The Bertz CT molecular complexity index is 122. The third kappa shape index (κ3) is 3.95. The van der Waals surface area contributed by atoms with E-state index in [1.807, 2.05) is 6.92 Å². The molecule has 2 atom stereocenters. The normalized spacial score (nSPS) is 15.6. The van der Waals surface area contributed by atoms with Crippen LogP contribution in [0.3, 0.4) is 0 Å². The highest BCUT2D eigenvalue weighted by Crippen LogP contribution is 1.89. The quantitative estimate of drug-likeness (QED) is 0.483. The summed E-state index contributed by atoms with van der Waals surface area (Å²) in [5, 5.41) is 14.0. The highest BCUT2D eigenvalue weighted by atomic mass is 16.3. The largest absolute Gasteiger partial charge is 0.374 e. The van der Waals surface area contributed by atoms with E-state index in [-0.39, 0.29) is 11.9 Å². The molecule has 0 fully saturated rings. The third-order valence-corrected chi connectivity index (χ3v) is 1.42. The fraction of sp³-hybridized carbons (Fsp3) is 0.857. The molecule has 0 rings (SSSR count). The number of hydrogen-bond acceptors (Lipinski definition) is 3. The number of nitrogens with one attached hydrogen (secondary N) is 2. The Morgan fingerprint density at radius 1 is 1.64 bits per heavy atom. The van der Waals surface area contributed by atoms with Crippen molar-refractivity contribution < 1.29 is 9.90 Å². The van der Waals surface area contributed by atoms with E-state index in [9.17, 15) is 4.79 Å². The second kappa shape index (κ2) is 5.09. The summed E-state index contributed by atoms with van der Waals surface area (Å²) in [4.78, 5) is 11.1. The van der Waals surface area contributed by atoms with Gasteiger partial charge in [0.15, 0.2) is 0 Å². The number of aliphatic hydroxyl groups excluding tert-OH is 1. The van der Waals surface area contributed by atoms with E-state index in [0.29, 0.717) is 0 Å². The average Bonchev–Trinajstić information content (AvgIpc) is 1.88. The Morgan fingerprint density at radius 2 is 2.18 bits per heavy atom. The fourth-order valence-electron chi connectivity index (χ4n) is 0.827. The molecule has 0 heterocycles. The predicted molar refractivity (Wildman–Crippen MR) is 43.0 cm³/mol. The molecule has 0 aliphatic carbocycles. The topological polar surface area (TPSA) is 61.4 Å². The Hall–Kier alpha value is -0.610. The molecule has 1 amide bonds. The Morgan fingerprint density at radius 3 is 2.45 bits per heavy atom. The Labute approximate surface area is 67.0 Å². The van der Waals surface area contributed by atoms with Crippen molar-refractivity contribution in [1.29, 1.82) is 0 Å². The predicted octanol–water partition coefficient (Wildman–Crippen LogP) is -0.561. The summed E-state index contributed by atoms with van der Waals surface area (Å²) in [6.45, 7) is 3.42. The van der Waals surface area contributed by atoms with Gasteiger partial charge < -0.3 is 15.7 Å². The number of likely N-dealkylation sites (N-methyl/N-ethyl adjacent to an activating group) is 1. The van der Waals surface area contributed by atoms with E-state index in [1.165, 1.54) is 6.92 Å².